The van der Waals surface area contributed by atoms with E-state index in [1.807, 2.05) is 43.4 Å². The number of aromatic nitrogens is 2. The molecule has 0 saturated carbocycles. The molecular formula is C17H22N4O2S. The molecule has 1 N–H and O–H groups in total. The number of aryl methyl sites for hydroxylation is 1. The van der Waals surface area contributed by atoms with Gasteiger partial charge in [-0.15, -0.1) is 11.8 Å². The number of nitrogens with one attached hydrogen (secondary N) is 1. The van der Waals surface area contributed by atoms with E-state index in [2.05, 4.69) is 10.3 Å². The quantitative estimate of drug-likeness (QED) is 0.920. The van der Waals surface area contributed by atoms with E-state index in [0.717, 1.165) is 17.8 Å². The highest BCUT2D eigenvalue weighted by Crippen LogP contribution is 2.23. The normalized spacial score (nSPS) is 18.8. The van der Waals surface area contributed by atoms with Gasteiger partial charge < -0.3 is 14.6 Å². The lowest BCUT2D eigenvalue weighted by Gasteiger charge is -2.23. The van der Waals surface area contributed by atoms with Crippen LogP contribution in [-0.2, 0) is 4.79 Å². The van der Waals surface area contributed by atoms with Crippen LogP contribution in [0.25, 0.3) is 5.65 Å². The van der Waals surface area contributed by atoms with Crippen LogP contribution >= 0.6 is 11.8 Å². The Morgan fingerprint density at radius 3 is 2.96 bits per heavy atom. The van der Waals surface area contributed by atoms with E-state index < -0.39 is 6.04 Å². The van der Waals surface area contributed by atoms with Gasteiger partial charge in [0.1, 0.15) is 17.4 Å². The Bertz CT molecular complexity index is 773. The number of hydrogen-bond acceptors (Lipinski definition) is 4. The number of carbonyl (C=O) groups is 2. The molecule has 1 aliphatic heterocycles. The van der Waals surface area contributed by atoms with Crippen molar-refractivity contribution in [1.82, 2.24) is 19.6 Å². The van der Waals surface area contributed by atoms with Gasteiger partial charge in [0.25, 0.3) is 5.91 Å². The van der Waals surface area contributed by atoms with E-state index in [4.69, 9.17) is 0 Å². The van der Waals surface area contributed by atoms with Crippen LogP contribution in [-0.4, -0.2) is 49.8 Å². The van der Waals surface area contributed by atoms with Crippen molar-refractivity contribution in [1.29, 1.82) is 0 Å². The average Bonchev–Trinajstić information content (AvgIpc) is 3.21. The molecule has 1 aliphatic rings. The minimum absolute atomic E-state index is 0.0809. The fraction of sp³-hybridized carbons (Fsp3) is 0.471. The lowest BCUT2D eigenvalue weighted by molar-refractivity contribution is -0.125. The summed E-state index contributed by atoms with van der Waals surface area (Å²) >= 11 is 1.60. The maximum Gasteiger partial charge on any atom is 0.275 e. The number of hydrogen-bond donors (Lipinski definition) is 1. The molecule has 0 radical (unpaired) electrons. The standard InChI is InChI=1S/C17H22N4O2S/c1-4-11(2)18-16(22)14-9-24-10-21(14)17(23)13-8-20-12(3)6-5-7-15(20)19-13/h5-8,11,14H,4,9-10H2,1-3H3,(H,18,22)/t11-,14+/m1/s1. The first-order valence-electron chi connectivity index (χ1n) is 8.15. The summed E-state index contributed by atoms with van der Waals surface area (Å²) in [6.07, 6.45) is 2.62. The average molecular weight is 346 g/mol. The molecule has 7 heteroatoms. The third-order valence-corrected chi connectivity index (χ3v) is 5.37. The lowest BCUT2D eigenvalue weighted by Crippen LogP contribution is -2.49. The summed E-state index contributed by atoms with van der Waals surface area (Å²) in [4.78, 5) is 31.3. The van der Waals surface area contributed by atoms with Crippen LogP contribution in [0.1, 0.15) is 36.5 Å². The van der Waals surface area contributed by atoms with Crippen molar-refractivity contribution in [2.45, 2.75) is 39.3 Å². The first-order valence-corrected chi connectivity index (χ1v) is 9.30. The largest absolute Gasteiger partial charge is 0.352 e. The van der Waals surface area contributed by atoms with Crippen LogP contribution in [0.5, 0.6) is 0 Å². The first kappa shape index (κ1) is 16.8. The van der Waals surface area contributed by atoms with E-state index in [9.17, 15) is 9.59 Å². The van der Waals surface area contributed by atoms with Crippen molar-refractivity contribution in [3.05, 3.63) is 35.8 Å². The van der Waals surface area contributed by atoms with Crippen LogP contribution in [0.2, 0.25) is 0 Å². The first-order chi connectivity index (χ1) is 11.5. The Kier molecular flexibility index (Phi) is 4.80. The van der Waals surface area contributed by atoms with Crippen molar-refractivity contribution < 1.29 is 9.59 Å². The molecule has 0 spiro atoms. The Balaban J connectivity index is 1.82. The number of carbonyl (C=O) groups excluding carboxylic acids is 2. The van der Waals surface area contributed by atoms with E-state index in [1.54, 1.807) is 22.9 Å². The van der Waals surface area contributed by atoms with Crippen LogP contribution < -0.4 is 5.32 Å². The maximum atomic E-state index is 12.9. The maximum absolute atomic E-state index is 12.9. The molecule has 2 amide bonds. The van der Waals surface area contributed by atoms with Crippen LogP contribution in [0, 0.1) is 6.92 Å². The molecule has 2 aromatic rings. The third kappa shape index (κ3) is 3.13. The van der Waals surface area contributed by atoms with Gasteiger partial charge in [0, 0.05) is 23.7 Å². The minimum Gasteiger partial charge on any atom is -0.352 e. The minimum atomic E-state index is -0.428. The van der Waals surface area contributed by atoms with Gasteiger partial charge in [-0.3, -0.25) is 9.59 Å². The van der Waals surface area contributed by atoms with Crippen LogP contribution in [0.15, 0.2) is 24.4 Å². The van der Waals surface area contributed by atoms with Crippen LogP contribution in [0.3, 0.4) is 0 Å². The molecule has 0 aliphatic carbocycles. The fourth-order valence-corrected chi connectivity index (χ4v) is 3.85. The molecule has 24 heavy (non-hydrogen) atoms. The van der Waals surface area contributed by atoms with E-state index in [0.29, 0.717) is 17.3 Å². The number of pyridine rings is 1. The fourth-order valence-electron chi connectivity index (χ4n) is 2.70. The molecule has 3 rings (SSSR count). The highest BCUT2D eigenvalue weighted by molar-refractivity contribution is 7.99. The van der Waals surface area contributed by atoms with Crippen molar-refractivity contribution in [3.8, 4) is 0 Å². The molecule has 128 valence electrons. The number of rotatable bonds is 4. The van der Waals surface area contributed by atoms with Gasteiger partial charge in [0.15, 0.2) is 0 Å². The Morgan fingerprint density at radius 2 is 2.25 bits per heavy atom. The zero-order chi connectivity index (χ0) is 17.3. The zero-order valence-corrected chi connectivity index (χ0v) is 15.0. The topological polar surface area (TPSA) is 66.7 Å². The monoisotopic (exact) mass is 346 g/mol. The summed E-state index contributed by atoms with van der Waals surface area (Å²) in [5, 5.41) is 2.97. The van der Waals surface area contributed by atoms with Crippen molar-refractivity contribution in [2.24, 2.45) is 0 Å². The van der Waals surface area contributed by atoms with E-state index in [1.165, 1.54) is 0 Å². The second kappa shape index (κ2) is 6.84. The number of amides is 2. The van der Waals surface area contributed by atoms with Crippen molar-refractivity contribution in [3.63, 3.8) is 0 Å². The number of nitrogens with zero attached hydrogens (tertiary/aromatic N) is 3. The molecule has 2 aromatic heterocycles. The smallest absolute Gasteiger partial charge is 0.275 e. The molecule has 6 nitrogen and oxygen atoms in total. The zero-order valence-electron chi connectivity index (χ0n) is 14.2. The van der Waals surface area contributed by atoms with Gasteiger partial charge in [-0.2, -0.15) is 0 Å². The Labute approximate surface area is 145 Å². The van der Waals surface area contributed by atoms with E-state index in [-0.39, 0.29) is 17.9 Å². The van der Waals surface area contributed by atoms with Gasteiger partial charge in [0.2, 0.25) is 5.91 Å². The van der Waals surface area contributed by atoms with E-state index >= 15 is 0 Å². The Morgan fingerprint density at radius 1 is 1.46 bits per heavy atom. The van der Waals surface area contributed by atoms with Gasteiger partial charge in [-0.25, -0.2) is 4.98 Å². The molecule has 0 unspecified atom stereocenters. The van der Waals surface area contributed by atoms with Crippen molar-refractivity contribution >= 4 is 29.2 Å². The highest BCUT2D eigenvalue weighted by Gasteiger charge is 2.36. The summed E-state index contributed by atoms with van der Waals surface area (Å²) < 4.78 is 1.89. The number of thioether (sulfide) groups is 1. The highest BCUT2D eigenvalue weighted by atomic mass is 32.2. The molecule has 1 saturated heterocycles. The molecule has 0 bridgehead atoms. The Hall–Kier alpha value is -2.02. The summed E-state index contributed by atoms with van der Waals surface area (Å²) in [7, 11) is 0. The summed E-state index contributed by atoms with van der Waals surface area (Å²) in [6, 6.07) is 5.44. The second-order valence-electron chi connectivity index (χ2n) is 6.13. The van der Waals surface area contributed by atoms with Crippen LogP contribution in [0.4, 0.5) is 0 Å². The summed E-state index contributed by atoms with van der Waals surface area (Å²) in [5.41, 5.74) is 2.14. The third-order valence-electron chi connectivity index (χ3n) is 4.36. The molecular weight excluding hydrogens is 324 g/mol. The lowest BCUT2D eigenvalue weighted by atomic mass is 10.2. The number of fused-ring (bicyclic) bond motifs is 1. The number of imidazole rings is 1. The van der Waals surface area contributed by atoms with Gasteiger partial charge in [0.05, 0.1) is 5.88 Å². The summed E-state index contributed by atoms with van der Waals surface area (Å²) in [5.74, 6) is 0.875. The predicted octanol–water partition coefficient (Wildman–Crippen LogP) is 2.07. The molecule has 1 fully saturated rings. The predicted molar refractivity (Wildman–Crippen MR) is 95.1 cm³/mol. The molecule has 3 heterocycles. The van der Waals surface area contributed by atoms with Gasteiger partial charge in [-0.05, 0) is 32.4 Å². The SMILES string of the molecule is CC[C@@H](C)NC(=O)[C@@H]1CSCN1C(=O)c1cn2c(C)cccc2n1. The second-order valence-corrected chi connectivity index (χ2v) is 7.13. The summed E-state index contributed by atoms with van der Waals surface area (Å²) in [6.45, 7) is 5.96. The molecule has 0 aromatic carbocycles. The van der Waals surface area contributed by atoms with Gasteiger partial charge in [-0.1, -0.05) is 13.0 Å². The molecule has 2 atom stereocenters. The van der Waals surface area contributed by atoms with Gasteiger partial charge >= 0.3 is 0 Å². The van der Waals surface area contributed by atoms with Crippen molar-refractivity contribution in [2.75, 3.05) is 11.6 Å².